The zero-order chi connectivity index (χ0) is 15.5. The number of carboxylic acids is 1. The lowest BCUT2D eigenvalue weighted by Crippen LogP contribution is -2.34. The number of aryl methyl sites for hydroxylation is 1. The second-order valence-corrected chi connectivity index (χ2v) is 5.74. The van der Waals surface area contributed by atoms with Crippen LogP contribution in [0.1, 0.15) is 25.3 Å². The Morgan fingerprint density at radius 1 is 1.38 bits per heavy atom. The number of ether oxygens (including phenoxy) is 1. The summed E-state index contributed by atoms with van der Waals surface area (Å²) in [6, 6.07) is 7.62. The zero-order valence-electron chi connectivity index (χ0n) is 12.5. The van der Waals surface area contributed by atoms with E-state index in [9.17, 15) is 14.7 Å². The lowest BCUT2D eigenvalue weighted by Gasteiger charge is -2.20. The summed E-state index contributed by atoms with van der Waals surface area (Å²) in [5, 5.41) is 9.19. The molecule has 0 radical (unpaired) electrons. The highest BCUT2D eigenvalue weighted by atomic mass is 16.5. The van der Waals surface area contributed by atoms with Gasteiger partial charge in [-0.05, 0) is 31.4 Å². The smallest absolute Gasteiger partial charge is 0.311 e. The van der Waals surface area contributed by atoms with Gasteiger partial charge in [0.25, 0.3) is 0 Å². The molecule has 114 valence electrons. The quantitative estimate of drug-likeness (QED) is 0.900. The Bertz CT molecular complexity index is 543. The third-order valence-electron chi connectivity index (χ3n) is 4.14. The maximum Gasteiger partial charge on any atom is 0.311 e. The highest BCUT2D eigenvalue weighted by Crippen LogP contribution is 2.30. The molecule has 1 aromatic rings. The van der Waals surface area contributed by atoms with Gasteiger partial charge in [0.1, 0.15) is 5.75 Å². The van der Waals surface area contributed by atoms with Gasteiger partial charge in [-0.1, -0.05) is 18.2 Å². The fourth-order valence-electron chi connectivity index (χ4n) is 2.66. The van der Waals surface area contributed by atoms with Crippen molar-refractivity contribution in [1.82, 2.24) is 4.90 Å². The molecule has 1 aliphatic rings. The molecule has 0 saturated carbocycles. The first kappa shape index (κ1) is 15.4. The Hall–Kier alpha value is -2.04. The minimum atomic E-state index is -0.831. The fourth-order valence-corrected chi connectivity index (χ4v) is 2.66. The summed E-state index contributed by atoms with van der Waals surface area (Å²) in [7, 11) is 1.61. The number of para-hydroxylation sites is 1. The molecule has 5 nitrogen and oxygen atoms in total. The number of nitrogens with zero attached hydrogens (tertiary/aromatic N) is 1. The fraction of sp³-hybridized carbons (Fsp3) is 0.500. The third kappa shape index (κ3) is 3.35. The molecule has 1 amide bonds. The van der Waals surface area contributed by atoms with E-state index in [1.54, 1.807) is 18.9 Å². The van der Waals surface area contributed by atoms with Gasteiger partial charge in [0.2, 0.25) is 5.91 Å². The van der Waals surface area contributed by atoms with Crippen LogP contribution in [0.4, 0.5) is 0 Å². The number of benzene rings is 1. The number of aliphatic carboxylic acids is 1. The van der Waals surface area contributed by atoms with E-state index in [0.29, 0.717) is 32.4 Å². The normalized spacial score (nSPS) is 21.3. The molecule has 1 aromatic carbocycles. The topological polar surface area (TPSA) is 66.8 Å². The minimum absolute atomic E-state index is 0.00545. The number of carboxylic acid groups (broad SMARTS) is 1. The molecule has 1 heterocycles. The zero-order valence-corrected chi connectivity index (χ0v) is 12.5. The van der Waals surface area contributed by atoms with Gasteiger partial charge in [0.15, 0.2) is 0 Å². The average Bonchev–Trinajstić information content (AvgIpc) is 2.89. The van der Waals surface area contributed by atoms with Gasteiger partial charge in [-0.3, -0.25) is 9.59 Å². The molecule has 21 heavy (non-hydrogen) atoms. The van der Waals surface area contributed by atoms with Crippen LogP contribution < -0.4 is 4.74 Å². The molecule has 5 heteroatoms. The maximum atomic E-state index is 12.2. The summed E-state index contributed by atoms with van der Waals surface area (Å²) in [6.07, 6.45) is 1.49. The third-order valence-corrected chi connectivity index (χ3v) is 4.14. The molecule has 1 aliphatic heterocycles. The molecule has 1 unspecified atom stereocenters. The summed E-state index contributed by atoms with van der Waals surface area (Å²) in [6.45, 7) is 2.52. The highest BCUT2D eigenvalue weighted by Gasteiger charge is 2.41. The second-order valence-electron chi connectivity index (χ2n) is 5.74. The van der Waals surface area contributed by atoms with Crippen molar-refractivity contribution in [3.63, 3.8) is 0 Å². The van der Waals surface area contributed by atoms with Crippen molar-refractivity contribution in [2.24, 2.45) is 5.41 Å². The van der Waals surface area contributed by atoms with Crippen LogP contribution in [0.15, 0.2) is 24.3 Å². The lowest BCUT2D eigenvalue weighted by molar-refractivity contribution is -0.147. The number of rotatable bonds is 5. The van der Waals surface area contributed by atoms with Crippen LogP contribution in [-0.4, -0.2) is 42.1 Å². The van der Waals surface area contributed by atoms with Crippen LogP contribution >= 0.6 is 0 Å². The van der Waals surface area contributed by atoms with Gasteiger partial charge in [-0.2, -0.15) is 0 Å². The number of amides is 1. The lowest BCUT2D eigenvalue weighted by atomic mass is 9.90. The van der Waals surface area contributed by atoms with Crippen molar-refractivity contribution in [1.29, 1.82) is 0 Å². The van der Waals surface area contributed by atoms with E-state index in [-0.39, 0.29) is 5.91 Å². The molecule has 1 atom stereocenters. The molecular weight excluding hydrogens is 270 g/mol. The Morgan fingerprint density at radius 2 is 2.10 bits per heavy atom. The molecule has 1 saturated heterocycles. The summed E-state index contributed by atoms with van der Waals surface area (Å²) in [5.41, 5.74) is 0.189. The molecule has 1 N–H and O–H groups in total. The van der Waals surface area contributed by atoms with Gasteiger partial charge in [0.05, 0.1) is 12.5 Å². The first-order valence-corrected chi connectivity index (χ1v) is 7.09. The van der Waals surface area contributed by atoms with Crippen LogP contribution in [-0.2, 0) is 16.0 Å². The van der Waals surface area contributed by atoms with Crippen molar-refractivity contribution in [3.8, 4) is 5.75 Å². The van der Waals surface area contributed by atoms with Crippen molar-refractivity contribution in [3.05, 3.63) is 29.8 Å². The monoisotopic (exact) mass is 291 g/mol. The molecule has 2 rings (SSSR count). The number of hydrogen-bond acceptors (Lipinski definition) is 3. The van der Waals surface area contributed by atoms with Crippen LogP contribution in [0.25, 0.3) is 0 Å². The molecule has 0 spiro atoms. The molecule has 0 bridgehead atoms. The number of likely N-dealkylation sites (tertiary alicyclic amines) is 1. The predicted molar refractivity (Wildman–Crippen MR) is 78.3 cm³/mol. The number of hydrogen-bond donors (Lipinski definition) is 1. The van der Waals surface area contributed by atoms with E-state index < -0.39 is 11.4 Å². The van der Waals surface area contributed by atoms with Crippen LogP contribution in [0.3, 0.4) is 0 Å². The standard InChI is InChI=1S/C16H21NO4/c1-16(15(19)20)9-10-17(11-16)14(18)8-7-12-5-3-4-6-13(12)21-2/h3-6H,7-11H2,1-2H3,(H,19,20). The molecular formula is C16H21NO4. The van der Waals surface area contributed by atoms with Gasteiger partial charge in [-0.15, -0.1) is 0 Å². The van der Waals surface area contributed by atoms with E-state index in [1.807, 2.05) is 24.3 Å². The largest absolute Gasteiger partial charge is 0.496 e. The Balaban J connectivity index is 1.93. The number of carbonyl (C=O) groups is 2. The summed E-state index contributed by atoms with van der Waals surface area (Å²) < 4.78 is 5.27. The van der Waals surface area contributed by atoms with E-state index in [0.717, 1.165) is 11.3 Å². The molecule has 0 aromatic heterocycles. The van der Waals surface area contributed by atoms with Gasteiger partial charge >= 0.3 is 5.97 Å². The molecule has 0 aliphatic carbocycles. The average molecular weight is 291 g/mol. The first-order chi connectivity index (χ1) is 9.96. The minimum Gasteiger partial charge on any atom is -0.496 e. The summed E-state index contributed by atoms with van der Waals surface area (Å²) in [4.78, 5) is 25.1. The number of methoxy groups -OCH3 is 1. The van der Waals surface area contributed by atoms with Crippen LogP contribution in [0.5, 0.6) is 5.75 Å². The van der Waals surface area contributed by atoms with E-state index in [1.165, 1.54) is 0 Å². The van der Waals surface area contributed by atoms with E-state index in [2.05, 4.69) is 0 Å². The Labute approximate surface area is 124 Å². The van der Waals surface area contributed by atoms with Gasteiger partial charge in [-0.25, -0.2) is 0 Å². The van der Waals surface area contributed by atoms with Gasteiger partial charge in [0, 0.05) is 19.5 Å². The van der Waals surface area contributed by atoms with Crippen molar-refractivity contribution >= 4 is 11.9 Å². The summed E-state index contributed by atoms with van der Waals surface area (Å²) >= 11 is 0. The van der Waals surface area contributed by atoms with Gasteiger partial charge < -0.3 is 14.7 Å². The van der Waals surface area contributed by atoms with Crippen molar-refractivity contribution in [2.45, 2.75) is 26.2 Å². The second kappa shape index (κ2) is 6.16. The first-order valence-electron chi connectivity index (χ1n) is 7.09. The Kier molecular flexibility index (Phi) is 4.50. The SMILES string of the molecule is COc1ccccc1CCC(=O)N1CCC(C)(C(=O)O)C1. The highest BCUT2D eigenvalue weighted by molar-refractivity contribution is 5.80. The molecule has 1 fully saturated rings. The number of carbonyl (C=O) groups excluding carboxylic acids is 1. The summed E-state index contributed by atoms with van der Waals surface area (Å²) in [5.74, 6) is -0.0458. The van der Waals surface area contributed by atoms with E-state index in [4.69, 9.17) is 4.74 Å². The van der Waals surface area contributed by atoms with Crippen LogP contribution in [0, 0.1) is 5.41 Å². The van der Waals surface area contributed by atoms with Crippen molar-refractivity contribution in [2.75, 3.05) is 20.2 Å². The predicted octanol–water partition coefficient (Wildman–Crippen LogP) is 1.95. The van der Waals surface area contributed by atoms with Crippen molar-refractivity contribution < 1.29 is 19.4 Å². The van der Waals surface area contributed by atoms with E-state index >= 15 is 0 Å². The maximum absolute atomic E-state index is 12.2. The van der Waals surface area contributed by atoms with Crippen LogP contribution in [0.2, 0.25) is 0 Å². The Morgan fingerprint density at radius 3 is 2.71 bits per heavy atom.